The van der Waals surface area contributed by atoms with E-state index in [-0.39, 0.29) is 12.5 Å². The molecule has 1 heterocycles. The number of amides is 1. The van der Waals surface area contributed by atoms with E-state index in [4.69, 9.17) is 10.00 Å². The Hall–Kier alpha value is -2.06. The molecule has 2 rings (SSSR count). The molecule has 0 radical (unpaired) electrons. The second-order valence-corrected chi connectivity index (χ2v) is 5.33. The molecule has 1 unspecified atom stereocenters. The van der Waals surface area contributed by atoms with Gasteiger partial charge in [0, 0.05) is 12.8 Å². The Morgan fingerprint density at radius 3 is 2.90 bits per heavy atom. The van der Waals surface area contributed by atoms with Gasteiger partial charge in [-0.2, -0.15) is 5.26 Å². The van der Waals surface area contributed by atoms with E-state index in [1.54, 1.807) is 29.2 Å². The smallest absolute Gasteiger partial charge is 0.258 e. The van der Waals surface area contributed by atoms with E-state index in [2.05, 4.69) is 12.2 Å². The normalized spacial score (nSPS) is 20.8. The van der Waals surface area contributed by atoms with Crippen LogP contribution in [0.2, 0.25) is 0 Å². The van der Waals surface area contributed by atoms with Crippen molar-refractivity contribution in [3.8, 4) is 11.8 Å². The number of nitriles is 1. The molecule has 1 aliphatic rings. The fourth-order valence-electron chi connectivity index (χ4n) is 2.76. The molecular formula is C16H22N3O2+. The van der Waals surface area contributed by atoms with Gasteiger partial charge in [0.25, 0.3) is 5.91 Å². The van der Waals surface area contributed by atoms with Crippen molar-refractivity contribution in [1.29, 1.82) is 5.26 Å². The standard InChI is InChI=1S/C16H21N3O2/c1-2-19-9-3-4-14(19)11-18-16(20)12-21-15-7-5-13(10-17)6-8-15/h5-8,14H,2-4,9,11-12H2,1H3,(H,18,20)/p+1/t14-/m1/s1. The van der Waals surface area contributed by atoms with Crippen molar-refractivity contribution in [2.75, 3.05) is 26.2 Å². The summed E-state index contributed by atoms with van der Waals surface area (Å²) >= 11 is 0. The molecule has 0 aromatic heterocycles. The van der Waals surface area contributed by atoms with Crippen molar-refractivity contribution in [3.05, 3.63) is 29.8 Å². The zero-order valence-electron chi connectivity index (χ0n) is 12.4. The van der Waals surface area contributed by atoms with Gasteiger partial charge < -0.3 is 15.0 Å². The third kappa shape index (κ3) is 4.47. The number of nitrogens with one attached hydrogen (secondary N) is 2. The first-order valence-corrected chi connectivity index (χ1v) is 7.47. The summed E-state index contributed by atoms with van der Waals surface area (Å²) in [5, 5.41) is 11.6. The molecule has 0 aliphatic carbocycles. The van der Waals surface area contributed by atoms with Crippen molar-refractivity contribution in [2.45, 2.75) is 25.8 Å². The number of benzene rings is 1. The van der Waals surface area contributed by atoms with Crippen LogP contribution in [0.15, 0.2) is 24.3 Å². The monoisotopic (exact) mass is 288 g/mol. The summed E-state index contributed by atoms with van der Waals surface area (Å²) in [6.07, 6.45) is 2.42. The molecular weight excluding hydrogens is 266 g/mol. The summed E-state index contributed by atoms with van der Waals surface area (Å²) in [6.45, 7) is 5.24. The largest absolute Gasteiger partial charge is 0.484 e. The topological polar surface area (TPSA) is 66.6 Å². The van der Waals surface area contributed by atoms with Gasteiger partial charge in [-0.05, 0) is 31.2 Å². The third-order valence-corrected chi connectivity index (χ3v) is 3.98. The van der Waals surface area contributed by atoms with Crippen molar-refractivity contribution in [1.82, 2.24) is 5.32 Å². The minimum atomic E-state index is -0.0956. The van der Waals surface area contributed by atoms with Crippen LogP contribution >= 0.6 is 0 Å². The first-order chi connectivity index (χ1) is 10.2. The fourth-order valence-corrected chi connectivity index (χ4v) is 2.76. The molecule has 112 valence electrons. The average molecular weight is 288 g/mol. The number of rotatable bonds is 6. The van der Waals surface area contributed by atoms with E-state index in [1.807, 2.05) is 6.07 Å². The van der Waals surface area contributed by atoms with Crippen LogP contribution in [0.4, 0.5) is 0 Å². The number of ether oxygens (including phenoxy) is 1. The van der Waals surface area contributed by atoms with Crippen molar-refractivity contribution >= 4 is 5.91 Å². The van der Waals surface area contributed by atoms with E-state index in [9.17, 15) is 4.79 Å². The lowest BCUT2D eigenvalue weighted by Crippen LogP contribution is -3.14. The lowest BCUT2D eigenvalue weighted by atomic mass is 10.2. The van der Waals surface area contributed by atoms with Crippen LogP contribution in [0.3, 0.4) is 0 Å². The van der Waals surface area contributed by atoms with Crippen LogP contribution in [0.1, 0.15) is 25.3 Å². The van der Waals surface area contributed by atoms with E-state index < -0.39 is 0 Å². The second kappa shape index (κ2) is 7.65. The molecule has 0 saturated carbocycles. The first-order valence-electron chi connectivity index (χ1n) is 7.47. The predicted octanol–water partition coefficient (Wildman–Crippen LogP) is 0.120. The molecule has 21 heavy (non-hydrogen) atoms. The number of hydrogen-bond acceptors (Lipinski definition) is 3. The predicted molar refractivity (Wildman–Crippen MR) is 79.1 cm³/mol. The average Bonchev–Trinajstić information content (AvgIpc) is 2.99. The van der Waals surface area contributed by atoms with Crippen LogP contribution in [0.5, 0.6) is 5.75 Å². The summed E-state index contributed by atoms with van der Waals surface area (Å²) in [7, 11) is 0. The highest BCUT2D eigenvalue weighted by atomic mass is 16.5. The molecule has 1 aliphatic heterocycles. The molecule has 0 spiro atoms. The van der Waals surface area contributed by atoms with Gasteiger partial charge in [-0.15, -0.1) is 0 Å². The SMILES string of the molecule is CC[NH+]1CCC[C@@H]1CNC(=O)COc1ccc(C#N)cc1. The number of nitrogens with zero attached hydrogens (tertiary/aromatic N) is 1. The van der Waals surface area contributed by atoms with Gasteiger partial charge in [0.15, 0.2) is 6.61 Å². The number of carbonyl (C=O) groups is 1. The van der Waals surface area contributed by atoms with E-state index in [0.717, 1.165) is 13.1 Å². The van der Waals surface area contributed by atoms with Crippen LogP contribution in [-0.2, 0) is 4.79 Å². The highest BCUT2D eigenvalue weighted by molar-refractivity contribution is 5.77. The molecule has 1 saturated heterocycles. The van der Waals surface area contributed by atoms with E-state index in [1.165, 1.54) is 19.4 Å². The molecule has 0 bridgehead atoms. The Morgan fingerprint density at radius 2 is 2.24 bits per heavy atom. The van der Waals surface area contributed by atoms with Crippen LogP contribution in [-0.4, -0.2) is 38.2 Å². The number of likely N-dealkylation sites (N-methyl/N-ethyl adjacent to an activating group) is 1. The molecule has 1 aromatic rings. The number of hydrogen-bond donors (Lipinski definition) is 2. The van der Waals surface area contributed by atoms with Gasteiger partial charge in [-0.3, -0.25) is 4.79 Å². The summed E-state index contributed by atoms with van der Waals surface area (Å²) < 4.78 is 5.41. The maximum atomic E-state index is 11.8. The van der Waals surface area contributed by atoms with Gasteiger partial charge in [-0.25, -0.2) is 0 Å². The van der Waals surface area contributed by atoms with Crippen molar-refractivity contribution < 1.29 is 14.4 Å². The quantitative estimate of drug-likeness (QED) is 0.781. The Balaban J connectivity index is 1.71. The Labute approximate surface area is 125 Å². The third-order valence-electron chi connectivity index (χ3n) is 3.98. The second-order valence-electron chi connectivity index (χ2n) is 5.33. The highest BCUT2D eigenvalue weighted by Gasteiger charge is 2.26. The van der Waals surface area contributed by atoms with Gasteiger partial charge in [-0.1, -0.05) is 0 Å². The van der Waals surface area contributed by atoms with Gasteiger partial charge >= 0.3 is 0 Å². The molecule has 1 amide bonds. The lowest BCUT2D eigenvalue weighted by molar-refractivity contribution is -0.909. The minimum Gasteiger partial charge on any atom is -0.484 e. The van der Waals surface area contributed by atoms with E-state index in [0.29, 0.717) is 17.4 Å². The molecule has 1 aromatic carbocycles. The van der Waals surface area contributed by atoms with Crippen LogP contribution in [0, 0.1) is 11.3 Å². The number of quaternary nitrogens is 1. The molecule has 1 fully saturated rings. The molecule has 2 atom stereocenters. The summed E-state index contributed by atoms with van der Waals surface area (Å²) in [4.78, 5) is 13.4. The summed E-state index contributed by atoms with van der Waals surface area (Å²) in [5.41, 5.74) is 0.579. The zero-order valence-corrected chi connectivity index (χ0v) is 12.4. The van der Waals surface area contributed by atoms with Crippen LogP contribution in [0.25, 0.3) is 0 Å². The van der Waals surface area contributed by atoms with Gasteiger partial charge in [0.2, 0.25) is 0 Å². The van der Waals surface area contributed by atoms with Crippen LogP contribution < -0.4 is 15.0 Å². The maximum absolute atomic E-state index is 11.8. The van der Waals surface area contributed by atoms with Crippen molar-refractivity contribution in [3.63, 3.8) is 0 Å². The summed E-state index contributed by atoms with van der Waals surface area (Å²) in [5.74, 6) is 0.507. The van der Waals surface area contributed by atoms with Gasteiger partial charge in [0.05, 0.1) is 31.3 Å². The number of carbonyl (C=O) groups excluding carboxylic acids is 1. The Bertz CT molecular complexity index is 507. The molecule has 5 heteroatoms. The lowest BCUT2D eigenvalue weighted by Gasteiger charge is -2.20. The highest BCUT2D eigenvalue weighted by Crippen LogP contribution is 2.11. The molecule has 5 nitrogen and oxygen atoms in total. The minimum absolute atomic E-state index is 0.0140. The fraction of sp³-hybridized carbons (Fsp3) is 0.500. The van der Waals surface area contributed by atoms with Gasteiger partial charge in [0.1, 0.15) is 11.8 Å². The first kappa shape index (κ1) is 15.3. The maximum Gasteiger partial charge on any atom is 0.258 e. The van der Waals surface area contributed by atoms with Crippen molar-refractivity contribution in [2.24, 2.45) is 0 Å². The number of likely N-dealkylation sites (tertiary alicyclic amines) is 1. The Morgan fingerprint density at radius 1 is 1.48 bits per heavy atom. The molecule has 2 N–H and O–H groups in total. The zero-order chi connectivity index (χ0) is 15.1. The Kier molecular flexibility index (Phi) is 5.59. The summed E-state index contributed by atoms with van der Waals surface area (Å²) in [6, 6.07) is 9.33. The van der Waals surface area contributed by atoms with E-state index >= 15 is 0 Å².